The molecule has 4 aromatic carbocycles. The molecule has 7 heteroatoms. The second-order valence-electron chi connectivity index (χ2n) is 11.8. The van der Waals surface area contributed by atoms with Gasteiger partial charge in [-0.3, -0.25) is 14.4 Å². The maximum Gasteiger partial charge on any atom is 0.258 e. The van der Waals surface area contributed by atoms with Gasteiger partial charge >= 0.3 is 0 Å². The number of anilines is 1. The molecule has 1 atom stereocenters. The number of halogens is 1. The zero-order valence-electron chi connectivity index (χ0n) is 24.3. The van der Waals surface area contributed by atoms with Crippen molar-refractivity contribution in [2.45, 2.75) is 58.2 Å². The summed E-state index contributed by atoms with van der Waals surface area (Å²) in [5, 5.41) is 5.61. The van der Waals surface area contributed by atoms with E-state index in [-0.39, 0.29) is 30.7 Å². The van der Waals surface area contributed by atoms with Crippen molar-refractivity contribution in [2.24, 2.45) is 0 Å². The van der Waals surface area contributed by atoms with Crippen LogP contribution in [0.3, 0.4) is 0 Å². The minimum absolute atomic E-state index is 0.0475. The van der Waals surface area contributed by atoms with Gasteiger partial charge in [-0.15, -0.1) is 0 Å². The second-order valence-corrected chi connectivity index (χ2v) is 12.2. The topological polar surface area (TPSA) is 69.7 Å². The molecule has 0 radical (unpaired) electrons. The van der Waals surface area contributed by atoms with Gasteiger partial charge in [0.1, 0.15) is 6.04 Å². The predicted octanol–water partition coefficient (Wildman–Crippen LogP) is 6.79. The van der Waals surface area contributed by atoms with Crippen molar-refractivity contribution in [1.82, 2.24) is 10.2 Å². The van der Waals surface area contributed by atoms with Gasteiger partial charge in [-0.25, -0.2) is 0 Å². The predicted molar refractivity (Wildman–Crippen MR) is 169 cm³/mol. The number of benzene rings is 4. The maximum atomic E-state index is 14.0. The summed E-state index contributed by atoms with van der Waals surface area (Å²) in [5.74, 6) is -0.431. The quantitative estimate of drug-likeness (QED) is 0.224. The number of amides is 3. The number of nitrogens with one attached hydrogen (secondary N) is 1. The molecule has 0 aliphatic carbocycles. The van der Waals surface area contributed by atoms with Crippen LogP contribution in [-0.2, 0) is 22.6 Å². The van der Waals surface area contributed by atoms with Crippen LogP contribution in [0.2, 0.25) is 5.02 Å². The Morgan fingerprint density at radius 1 is 0.905 bits per heavy atom. The number of hydrogen-bond acceptors (Lipinski definition) is 3. The normalized spacial score (nSPS) is 13.3. The average Bonchev–Trinajstić information content (AvgIpc) is 3.23. The number of rotatable bonds is 10. The van der Waals surface area contributed by atoms with E-state index in [4.69, 9.17) is 11.6 Å². The summed E-state index contributed by atoms with van der Waals surface area (Å²) in [6.45, 7) is 6.37. The lowest BCUT2D eigenvalue weighted by Crippen LogP contribution is -2.54. The van der Waals surface area contributed by atoms with Crippen LogP contribution in [0.4, 0.5) is 5.69 Å². The van der Waals surface area contributed by atoms with E-state index in [1.54, 1.807) is 15.9 Å². The number of nitrogens with zero attached hydrogens (tertiary/aromatic N) is 2. The molecule has 0 bridgehead atoms. The SMILES string of the molecule is CC(C)(C)NC(=O)C(Cc1ccccc1)N(Cc1ccccc1Cl)C(=O)CCCN1C(=O)c2cccc3cccc1c23. The molecule has 4 aromatic rings. The molecule has 0 saturated heterocycles. The van der Waals surface area contributed by atoms with Crippen molar-refractivity contribution in [3.8, 4) is 0 Å². The minimum atomic E-state index is -0.748. The molecule has 216 valence electrons. The van der Waals surface area contributed by atoms with Crippen LogP contribution < -0.4 is 10.2 Å². The summed E-state index contributed by atoms with van der Waals surface area (Å²) in [6, 6.07) is 28.0. The molecule has 0 aromatic heterocycles. The first-order chi connectivity index (χ1) is 20.1. The van der Waals surface area contributed by atoms with Crippen LogP contribution in [0.25, 0.3) is 10.8 Å². The van der Waals surface area contributed by atoms with E-state index in [9.17, 15) is 14.4 Å². The molecule has 42 heavy (non-hydrogen) atoms. The zero-order chi connectivity index (χ0) is 29.9. The molecular weight excluding hydrogens is 546 g/mol. The molecule has 1 N–H and O–H groups in total. The van der Waals surface area contributed by atoms with E-state index in [1.165, 1.54) is 0 Å². The monoisotopic (exact) mass is 581 g/mol. The van der Waals surface area contributed by atoms with Gasteiger partial charge in [-0.2, -0.15) is 0 Å². The van der Waals surface area contributed by atoms with Gasteiger partial charge < -0.3 is 15.1 Å². The second kappa shape index (κ2) is 12.4. The van der Waals surface area contributed by atoms with Crippen LogP contribution in [0.15, 0.2) is 91.0 Å². The highest BCUT2D eigenvalue weighted by Gasteiger charge is 2.33. The Morgan fingerprint density at radius 2 is 1.60 bits per heavy atom. The largest absolute Gasteiger partial charge is 0.350 e. The molecule has 1 aliphatic rings. The van der Waals surface area contributed by atoms with Crippen LogP contribution in [0.1, 0.15) is 55.1 Å². The van der Waals surface area contributed by atoms with Gasteiger partial charge in [0.25, 0.3) is 5.91 Å². The number of carbonyl (C=O) groups excluding carboxylic acids is 3. The molecule has 6 nitrogen and oxygen atoms in total. The lowest BCUT2D eigenvalue weighted by Gasteiger charge is -2.34. The van der Waals surface area contributed by atoms with Crippen LogP contribution in [0.5, 0.6) is 0 Å². The Kier molecular flexibility index (Phi) is 8.64. The van der Waals surface area contributed by atoms with Crippen molar-refractivity contribution in [3.05, 3.63) is 113 Å². The molecular formula is C35H36ClN3O3. The van der Waals surface area contributed by atoms with Gasteiger partial charge in [-0.05, 0) is 61.9 Å². The third-order valence-electron chi connectivity index (χ3n) is 7.49. The molecule has 1 aliphatic heterocycles. The Hall–Kier alpha value is -4.16. The van der Waals surface area contributed by atoms with Gasteiger partial charge in [0.05, 0.1) is 5.69 Å². The highest BCUT2D eigenvalue weighted by Crippen LogP contribution is 2.37. The first-order valence-corrected chi connectivity index (χ1v) is 14.7. The molecule has 0 fully saturated rings. The summed E-state index contributed by atoms with van der Waals surface area (Å²) in [7, 11) is 0. The summed E-state index contributed by atoms with van der Waals surface area (Å²) in [6.07, 6.45) is 0.989. The summed E-state index contributed by atoms with van der Waals surface area (Å²) >= 11 is 6.53. The first kappa shape index (κ1) is 29.3. The van der Waals surface area contributed by atoms with Gasteiger partial charge in [0.2, 0.25) is 11.8 Å². The Labute approximate surface area is 252 Å². The van der Waals surface area contributed by atoms with Crippen molar-refractivity contribution in [2.75, 3.05) is 11.4 Å². The average molecular weight is 582 g/mol. The molecule has 3 amide bonds. The minimum Gasteiger partial charge on any atom is -0.350 e. The van der Waals surface area contributed by atoms with E-state index in [1.807, 2.05) is 106 Å². The molecule has 0 saturated carbocycles. The molecule has 1 heterocycles. The van der Waals surface area contributed by atoms with Crippen LogP contribution in [0, 0.1) is 0 Å². The smallest absolute Gasteiger partial charge is 0.258 e. The fraction of sp³-hybridized carbons (Fsp3) is 0.286. The van der Waals surface area contributed by atoms with Crippen molar-refractivity contribution < 1.29 is 14.4 Å². The summed E-state index contributed by atoms with van der Waals surface area (Å²) in [5.41, 5.74) is 2.82. The van der Waals surface area contributed by atoms with Gasteiger partial charge in [0, 0.05) is 47.4 Å². The maximum absolute atomic E-state index is 14.0. The highest BCUT2D eigenvalue weighted by molar-refractivity contribution is 6.31. The lowest BCUT2D eigenvalue weighted by molar-refractivity contribution is -0.142. The number of carbonyl (C=O) groups is 3. The third kappa shape index (κ3) is 6.50. The van der Waals surface area contributed by atoms with Crippen LogP contribution in [-0.4, -0.2) is 40.7 Å². The Balaban J connectivity index is 1.39. The fourth-order valence-electron chi connectivity index (χ4n) is 5.55. The first-order valence-electron chi connectivity index (χ1n) is 14.3. The fourth-order valence-corrected chi connectivity index (χ4v) is 5.75. The van der Waals surface area contributed by atoms with Crippen molar-refractivity contribution in [3.63, 3.8) is 0 Å². The van der Waals surface area contributed by atoms with E-state index in [0.29, 0.717) is 30.0 Å². The lowest BCUT2D eigenvalue weighted by atomic mass is 10.00. The van der Waals surface area contributed by atoms with Crippen molar-refractivity contribution >= 4 is 45.8 Å². The third-order valence-corrected chi connectivity index (χ3v) is 7.86. The summed E-state index contributed by atoms with van der Waals surface area (Å²) < 4.78 is 0. The van der Waals surface area contributed by atoms with E-state index >= 15 is 0 Å². The van der Waals surface area contributed by atoms with E-state index in [2.05, 4.69) is 5.32 Å². The zero-order valence-corrected chi connectivity index (χ0v) is 25.0. The highest BCUT2D eigenvalue weighted by atomic mass is 35.5. The molecule has 1 unspecified atom stereocenters. The summed E-state index contributed by atoms with van der Waals surface area (Å²) in [4.78, 5) is 44.4. The molecule has 0 spiro atoms. The van der Waals surface area contributed by atoms with E-state index < -0.39 is 11.6 Å². The Morgan fingerprint density at radius 3 is 2.31 bits per heavy atom. The number of hydrogen-bond donors (Lipinski definition) is 1. The standard InChI is InChI=1S/C35H36ClN3O3/c1-35(2,3)37-33(41)30(22-24-12-5-4-6-13-24)39(23-26-14-7-8-18-28(26)36)31(40)20-11-21-38-29-19-10-16-25-15-9-17-27(32(25)29)34(38)42/h4-10,12-19,30H,11,20-23H2,1-3H3,(H,37,41). The van der Waals surface area contributed by atoms with Crippen LogP contribution >= 0.6 is 11.6 Å². The van der Waals surface area contributed by atoms with Gasteiger partial charge in [-0.1, -0.05) is 84.4 Å². The van der Waals surface area contributed by atoms with Gasteiger partial charge in [0.15, 0.2) is 0 Å². The van der Waals surface area contributed by atoms with E-state index in [0.717, 1.165) is 27.6 Å². The van der Waals surface area contributed by atoms with Crippen molar-refractivity contribution in [1.29, 1.82) is 0 Å². The Bertz CT molecular complexity index is 1610. The molecule has 5 rings (SSSR count).